The highest BCUT2D eigenvalue weighted by Crippen LogP contribution is 2.35. The molecule has 16 heteroatoms. The number of hydrogen-bond acceptors (Lipinski definition) is 10. The fourth-order valence-corrected chi connectivity index (χ4v) is 7.83. The molecule has 2 fully saturated rings. The number of fused-ring (bicyclic) bond motifs is 1. The number of hydrogen-bond donors (Lipinski definition) is 4. The summed E-state index contributed by atoms with van der Waals surface area (Å²) in [5.74, 6) is 1.43. The molecule has 4 amide bonds. The molecule has 5 aromatic rings. The molecule has 58 heavy (non-hydrogen) atoms. The van der Waals surface area contributed by atoms with Gasteiger partial charge in [0.15, 0.2) is 5.82 Å². The Bertz CT molecular complexity index is 2270. The smallest absolute Gasteiger partial charge is 0.407 e. The minimum Gasteiger partial charge on any atom is -0.453 e. The summed E-state index contributed by atoms with van der Waals surface area (Å²) in [6.45, 7) is 8.74. The maximum Gasteiger partial charge on any atom is 0.407 e. The van der Waals surface area contributed by atoms with Crippen molar-refractivity contribution in [1.29, 1.82) is 0 Å². The summed E-state index contributed by atoms with van der Waals surface area (Å²) in [7, 11) is 2.57. The van der Waals surface area contributed by atoms with Gasteiger partial charge in [-0.25, -0.2) is 29.5 Å². The van der Waals surface area contributed by atoms with E-state index in [2.05, 4.69) is 35.6 Å². The van der Waals surface area contributed by atoms with Gasteiger partial charge in [-0.05, 0) is 66.8 Å². The predicted molar refractivity (Wildman–Crippen MR) is 216 cm³/mol. The van der Waals surface area contributed by atoms with Crippen molar-refractivity contribution in [1.82, 2.24) is 50.3 Å². The van der Waals surface area contributed by atoms with Crippen LogP contribution in [-0.4, -0.2) is 103 Å². The van der Waals surface area contributed by atoms with Crippen LogP contribution in [0.15, 0.2) is 61.1 Å². The standard InChI is InChI=1S/C42H50N10O6/c1-23(2)34(49-41(55)57-5)39(53)51-17-7-9-32(51)37-45-22-31(48-37)26-13-11-25(12-14-26)28-20-43-36(44-21-28)27-15-16-29-30(19-27)47-38(46-29)33-10-8-18-52(33)40(54)35(24(3)4)50-42(56)58-6/h11-16,19-24,32-35H,7-10,17-18H2,1-6H3,(H,45,48)(H,46,47)(H,49,55)(H,50,56)/t32-,33-,34-,35-/m0/s1. The van der Waals surface area contributed by atoms with Crippen molar-refractivity contribution < 1.29 is 28.7 Å². The van der Waals surface area contributed by atoms with E-state index in [1.54, 1.807) is 28.4 Å². The number of H-pyrrole nitrogens is 2. The molecule has 0 bridgehead atoms. The first-order valence-electron chi connectivity index (χ1n) is 19.7. The first-order valence-corrected chi connectivity index (χ1v) is 19.7. The van der Waals surface area contributed by atoms with E-state index in [9.17, 15) is 19.2 Å². The van der Waals surface area contributed by atoms with Crippen LogP contribution in [0.3, 0.4) is 0 Å². The van der Waals surface area contributed by atoms with Crippen LogP contribution in [0.2, 0.25) is 0 Å². The Hall–Kier alpha value is -6.32. The zero-order valence-electron chi connectivity index (χ0n) is 33.6. The van der Waals surface area contributed by atoms with Crippen LogP contribution >= 0.6 is 0 Å². The van der Waals surface area contributed by atoms with E-state index in [0.29, 0.717) is 30.6 Å². The summed E-state index contributed by atoms with van der Waals surface area (Å²) in [4.78, 5) is 80.4. The SMILES string of the molecule is COC(=O)N[C@H](C(=O)N1CCC[C@H]1c1ncc(-c2ccc(-c3cnc(-c4ccc5[nH]c([C@@H]6CCCN6C(=O)[C@@H](NC(=O)OC)C(C)C)nc5c4)nc3)cc2)[nH]1)C(C)C. The molecule has 2 aliphatic rings. The Balaban J connectivity index is 1.02. The molecule has 4 N–H and O–H groups in total. The number of nitrogens with one attached hydrogen (secondary N) is 4. The summed E-state index contributed by atoms with van der Waals surface area (Å²) < 4.78 is 9.51. The van der Waals surface area contributed by atoms with Crippen LogP contribution in [-0.2, 0) is 19.1 Å². The van der Waals surface area contributed by atoms with Gasteiger partial charge in [-0.2, -0.15) is 0 Å². The third kappa shape index (κ3) is 8.22. The molecule has 0 unspecified atom stereocenters. The molecule has 3 aromatic heterocycles. The van der Waals surface area contributed by atoms with Crippen LogP contribution in [0.5, 0.6) is 0 Å². The lowest BCUT2D eigenvalue weighted by Crippen LogP contribution is -2.51. The monoisotopic (exact) mass is 790 g/mol. The van der Waals surface area contributed by atoms with E-state index in [-0.39, 0.29) is 35.7 Å². The van der Waals surface area contributed by atoms with E-state index >= 15 is 0 Å². The average molecular weight is 791 g/mol. The average Bonchev–Trinajstić information content (AvgIpc) is 4.07. The van der Waals surface area contributed by atoms with Crippen molar-refractivity contribution in [3.05, 3.63) is 72.7 Å². The van der Waals surface area contributed by atoms with Gasteiger partial charge in [-0.1, -0.05) is 52.0 Å². The minimum atomic E-state index is -0.705. The van der Waals surface area contributed by atoms with Crippen LogP contribution in [0.25, 0.3) is 44.8 Å². The normalized spacial score (nSPS) is 17.8. The Morgan fingerprint density at radius 1 is 0.672 bits per heavy atom. The second kappa shape index (κ2) is 17.0. The van der Waals surface area contributed by atoms with Gasteiger partial charge in [0.2, 0.25) is 11.8 Å². The van der Waals surface area contributed by atoms with Crippen LogP contribution in [0, 0.1) is 11.8 Å². The minimum absolute atomic E-state index is 0.113. The first kappa shape index (κ1) is 39.9. The number of likely N-dealkylation sites (tertiary alicyclic amines) is 2. The van der Waals surface area contributed by atoms with E-state index in [0.717, 1.165) is 64.7 Å². The zero-order valence-corrected chi connectivity index (χ0v) is 33.6. The third-order valence-electron chi connectivity index (χ3n) is 11.0. The molecule has 0 saturated carbocycles. The third-order valence-corrected chi connectivity index (χ3v) is 11.0. The number of amides is 4. The van der Waals surface area contributed by atoms with Gasteiger partial charge in [0.05, 0.1) is 49.2 Å². The number of nitrogens with zero attached hydrogens (tertiary/aromatic N) is 6. The van der Waals surface area contributed by atoms with Gasteiger partial charge >= 0.3 is 12.2 Å². The highest BCUT2D eigenvalue weighted by molar-refractivity contribution is 5.87. The predicted octanol–water partition coefficient (Wildman–Crippen LogP) is 6.17. The summed E-state index contributed by atoms with van der Waals surface area (Å²) in [5.41, 5.74) is 5.98. The summed E-state index contributed by atoms with van der Waals surface area (Å²) in [6, 6.07) is 12.0. The Labute approximate surface area is 336 Å². The molecule has 5 heterocycles. The van der Waals surface area contributed by atoms with Gasteiger partial charge in [0.1, 0.15) is 23.7 Å². The molecule has 0 spiro atoms. The number of carbonyl (C=O) groups excluding carboxylic acids is 4. The number of imidazole rings is 2. The van der Waals surface area contributed by atoms with E-state index in [4.69, 9.17) is 14.5 Å². The molecule has 2 saturated heterocycles. The fourth-order valence-electron chi connectivity index (χ4n) is 7.83. The van der Waals surface area contributed by atoms with Crippen LogP contribution in [0.4, 0.5) is 9.59 Å². The van der Waals surface area contributed by atoms with Gasteiger partial charge in [0, 0.05) is 36.6 Å². The molecule has 7 rings (SSSR count). The van der Waals surface area contributed by atoms with Gasteiger partial charge in [0.25, 0.3) is 0 Å². The number of benzene rings is 2. The molecule has 304 valence electrons. The van der Waals surface area contributed by atoms with Gasteiger partial charge in [-0.3, -0.25) is 9.59 Å². The molecular weight excluding hydrogens is 741 g/mol. The Morgan fingerprint density at radius 3 is 1.76 bits per heavy atom. The Kier molecular flexibility index (Phi) is 11.7. The lowest BCUT2D eigenvalue weighted by Gasteiger charge is -2.30. The fraction of sp³-hybridized carbons (Fsp3) is 0.429. The van der Waals surface area contributed by atoms with Crippen molar-refractivity contribution in [3.63, 3.8) is 0 Å². The quantitative estimate of drug-likeness (QED) is 0.120. The second-order valence-electron chi connectivity index (χ2n) is 15.5. The summed E-state index contributed by atoms with van der Waals surface area (Å²) in [6.07, 6.45) is 7.31. The van der Waals surface area contributed by atoms with Crippen molar-refractivity contribution >= 4 is 35.0 Å². The summed E-state index contributed by atoms with van der Waals surface area (Å²) >= 11 is 0. The summed E-state index contributed by atoms with van der Waals surface area (Å²) in [5, 5.41) is 5.38. The second-order valence-corrected chi connectivity index (χ2v) is 15.5. The number of aromatic amines is 2. The zero-order chi connectivity index (χ0) is 41.1. The largest absolute Gasteiger partial charge is 0.453 e. The highest BCUT2D eigenvalue weighted by atomic mass is 16.5. The molecule has 16 nitrogen and oxygen atoms in total. The maximum atomic E-state index is 13.6. The highest BCUT2D eigenvalue weighted by Gasteiger charge is 2.39. The topological polar surface area (TPSA) is 200 Å². The first-order chi connectivity index (χ1) is 27.9. The van der Waals surface area contributed by atoms with Gasteiger partial charge in [-0.15, -0.1) is 0 Å². The number of methoxy groups -OCH3 is 2. The molecule has 0 radical (unpaired) electrons. The van der Waals surface area contributed by atoms with E-state index in [1.807, 2.05) is 70.2 Å². The maximum absolute atomic E-state index is 13.6. The number of alkyl carbamates (subject to hydrolysis) is 2. The number of aromatic nitrogens is 6. The molecular formula is C42H50N10O6. The van der Waals surface area contributed by atoms with Crippen LogP contribution < -0.4 is 10.6 Å². The lowest BCUT2D eigenvalue weighted by molar-refractivity contribution is -0.136. The molecule has 2 aliphatic heterocycles. The molecule has 4 atom stereocenters. The number of rotatable bonds is 11. The lowest BCUT2D eigenvalue weighted by atomic mass is 10.0. The number of carbonyl (C=O) groups is 4. The van der Waals surface area contributed by atoms with Crippen molar-refractivity contribution in [3.8, 4) is 33.8 Å². The van der Waals surface area contributed by atoms with E-state index in [1.165, 1.54) is 14.2 Å². The van der Waals surface area contributed by atoms with Crippen molar-refractivity contribution in [2.24, 2.45) is 11.8 Å². The van der Waals surface area contributed by atoms with Crippen LogP contribution in [0.1, 0.15) is 77.1 Å². The van der Waals surface area contributed by atoms with Crippen molar-refractivity contribution in [2.45, 2.75) is 77.5 Å². The molecule has 0 aliphatic carbocycles. The number of ether oxygens (including phenoxy) is 2. The van der Waals surface area contributed by atoms with Gasteiger partial charge < -0.3 is 39.9 Å². The Morgan fingerprint density at radius 2 is 1.21 bits per heavy atom. The van der Waals surface area contributed by atoms with E-state index < -0.39 is 24.3 Å². The molecule has 2 aromatic carbocycles. The van der Waals surface area contributed by atoms with Crippen molar-refractivity contribution in [2.75, 3.05) is 27.3 Å².